The lowest BCUT2D eigenvalue weighted by Crippen LogP contribution is -2.39. The quantitative estimate of drug-likeness (QED) is 0.929. The molecule has 21 heavy (non-hydrogen) atoms. The molecule has 2 atom stereocenters. The molecule has 0 spiro atoms. The van der Waals surface area contributed by atoms with E-state index in [9.17, 15) is 4.79 Å². The largest absolute Gasteiger partial charge is 0.444 e. The van der Waals surface area contributed by atoms with Crippen LogP contribution in [-0.4, -0.2) is 47.3 Å². The molecule has 2 rings (SSSR count). The zero-order valence-electron chi connectivity index (χ0n) is 13.3. The van der Waals surface area contributed by atoms with Crippen LogP contribution < -0.4 is 5.32 Å². The first kappa shape index (κ1) is 16.2. The van der Waals surface area contributed by atoms with Crippen molar-refractivity contribution < 1.29 is 9.53 Å². The molecular formula is C15H25N3O2S. The fourth-order valence-corrected chi connectivity index (χ4v) is 3.03. The summed E-state index contributed by atoms with van der Waals surface area (Å²) in [4.78, 5) is 18.1. The third-order valence-electron chi connectivity index (χ3n) is 3.43. The Morgan fingerprint density at radius 1 is 1.62 bits per heavy atom. The number of aromatic nitrogens is 1. The van der Waals surface area contributed by atoms with Crippen molar-refractivity contribution in [1.82, 2.24) is 15.2 Å². The Bertz CT molecular complexity index is 456. The number of likely N-dealkylation sites (tertiary alicyclic amines) is 1. The average molecular weight is 311 g/mol. The van der Waals surface area contributed by atoms with Crippen LogP contribution in [-0.2, 0) is 4.74 Å². The highest BCUT2D eigenvalue weighted by Gasteiger charge is 2.29. The Labute approximate surface area is 130 Å². The number of hydrogen-bond acceptors (Lipinski definition) is 5. The molecule has 1 aromatic rings. The minimum Gasteiger partial charge on any atom is -0.444 e. The Morgan fingerprint density at radius 2 is 2.38 bits per heavy atom. The molecule has 1 amide bonds. The molecule has 0 aliphatic carbocycles. The van der Waals surface area contributed by atoms with Gasteiger partial charge in [0.25, 0.3) is 0 Å². The van der Waals surface area contributed by atoms with Gasteiger partial charge in [0.2, 0.25) is 0 Å². The summed E-state index contributed by atoms with van der Waals surface area (Å²) in [5.41, 5.74) is -0.429. The van der Waals surface area contributed by atoms with Crippen molar-refractivity contribution in [2.75, 3.05) is 19.6 Å². The second-order valence-electron chi connectivity index (χ2n) is 6.59. The van der Waals surface area contributed by atoms with Crippen LogP contribution in [0.4, 0.5) is 4.79 Å². The number of nitrogens with zero attached hydrogens (tertiary/aromatic N) is 2. The van der Waals surface area contributed by atoms with E-state index in [1.54, 1.807) is 16.2 Å². The Morgan fingerprint density at radius 3 is 3.00 bits per heavy atom. The Kier molecular flexibility index (Phi) is 5.22. The highest BCUT2D eigenvalue weighted by Crippen LogP contribution is 2.18. The van der Waals surface area contributed by atoms with Gasteiger partial charge in [0, 0.05) is 43.2 Å². The lowest BCUT2D eigenvalue weighted by molar-refractivity contribution is 0.0291. The predicted octanol–water partition coefficient (Wildman–Crippen LogP) is 2.85. The molecule has 1 aliphatic rings. The summed E-state index contributed by atoms with van der Waals surface area (Å²) in [5, 5.41) is 6.70. The number of carbonyl (C=O) groups is 1. The molecule has 0 aromatic carbocycles. The van der Waals surface area contributed by atoms with E-state index in [2.05, 4.69) is 17.2 Å². The monoisotopic (exact) mass is 311 g/mol. The van der Waals surface area contributed by atoms with Crippen LogP contribution in [0.1, 0.15) is 45.0 Å². The van der Waals surface area contributed by atoms with Crippen LogP contribution in [0.25, 0.3) is 0 Å². The van der Waals surface area contributed by atoms with E-state index < -0.39 is 5.60 Å². The van der Waals surface area contributed by atoms with Crippen molar-refractivity contribution in [3.05, 3.63) is 16.6 Å². The van der Waals surface area contributed by atoms with Gasteiger partial charge in [0.1, 0.15) is 5.60 Å². The maximum absolute atomic E-state index is 12.0. The van der Waals surface area contributed by atoms with Crippen molar-refractivity contribution in [2.24, 2.45) is 0 Å². The fraction of sp³-hybridized carbons (Fsp3) is 0.733. The number of hydrogen-bond donors (Lipinski definition) is 1. The molecule has 6 heteroatoms. The average Bonchev–Trinajstić information content (AvgIpc) is 3.05. The van der Waals surface area contributed by atoms with Crippen LogP contribution >= 0.6 is 11.3 Å². The maximum Gasteiger partial charge on any atom is 0.410 e. The molecule has 0 bridgehead atoms. The van der Waals surface area contributed by atoms with Crippen LogP contribution in [0.5, 0.6) is 0 Å². The van der Waals surface area contributed by atoms with Crippen molar-refractivity contribution >= 4 is 17.4 Å². The molecule has 1 N–H and O–H groups in total. The van der Waals surface area contributed by atoms with E-state index >= 15 is 0 Å². The highest BCUT2D eigenvalue weighted by atomic mass is 32.1. The third kappa shape index (κ3) is 4.97. The Hall–Kier alpha value is -1.14. The van der Waals surface area contributed by atoms with Crippen LogP contribution in [0.15, 0.2) is 11.6 Å². The zero-order chi connectivity index (χ0) is 15.5. The molecule has 0 radical (unpaired) electrons. The minimum atomic E-state index is -0.429. The van der Waals surface area contributed by atoms with Gasteiger partial charge in [-0.1, -0.05) is 6.92 Å². The van der Waals surface area contributed by atoms with E-state index in [0.29, 0.717) is 12.0 Å². The van der Waals surface area contributed by atoms with E-state index in [0.717, 1.165) is 31.1 Å². The second-order valence-corrected chi connectivity index (χ2v) is 7.52. The summed E-state index contributed by atoms with van der Waals surface area (Å²) in [6.45, 7) is 10.2. The molecule has 1 fully saturated rings. The van der Waals surface area contributed by atoms with Gasteiger partial charge >= 0.3 is 6.09 Å². The third-order valence-corrected chi connectivity index (χ3v) is 4.43. The number of thiazole rings is 1. The molecule has 2 heterocycles. The molecule has 1 saturated heterocycles. The predicted molar refractivity (Wildman–Crippen MR) is 84.7 cm³/mol. The normalized spacial score (nSPS) is 20.6. The first-order chi connectivity index (χ1) is 9.85. The number of rotatable bonds is 4. The lowest BCUT2D eigenvalue weighted by atomic mass is 10.1. The summed E-state index contributed by atoms with van der Waals surface area (Å²) >= 11 is 1.69. The summed E-state index contributed by atoms with van der Waals surface area (Å²) in [6, 6.07) is 0.347. The number of amides is 1. The summed E-state index contributed by atoms with van der Waals surface area (Å²) < 4.78 is 5.41. The number of nitrogens with one attached hydrogen (secondary N) is 1. The highest BCUT2D eigenvalue weighted by molar-refractivity contribution is 7.09. The molecule has 5 nitrogen and oxygen atoms in total. The molecule has 0 saturated carbocycles. The molecule has 118 valence electrons. The first-order valence-corrected chi connectivity index (χ1v) is 8.34. The second kappa shape index (κ2) is 6.75. The zero-order valence-corrected chi connectivity index (χ0v) is 14.1. The van der Waals surface area contributed by atoms with Gasteiger partial charge in [-0.3, -0.25) is 0 Å². The van der Waals surface area contributed by atoms with Gasteiger partial charge in [-0.05, 0) is 27.2 Å². The van der Waals surface area contributed by atoms with Crippen LogP contribution in [0, 0.1) is 0 Å². The van der Waals surface area contributed by atoms with Crippen molar-refractivity contribution in [3.63, 3.8) is 0 Å². The summed E-state index contributed by atoms with van der Waals surface area (Å²) in [6.07, 6.45) is 2.61. The molecule has 1 aliphatic heterocycles. The molecule has 2 unspecified atom stereocenters. The van der Waals surface area contributed by atoms with Crippen molar-refractivity contribution in [1.29, 1.82) is 0 Å². The maximum atomic E-state index is 12.0. The van der Waals surface area contributed by atoms with Gasteiger partial charge in [-0.2, -0.15) is 0 Å². The SMILES string of the molecule is CC(CNC1CCN(C(=O)OC(C)(C)C)C1)c1nccs1. The van der Waals surface area contributed by atoms with Gasteiger partial charge < -0.3 is 15.0 Å². The number of carbonyl (C=O) groups excluding carboxylic acids is 1. The standard InChI is InChI=1S/C15H25N3O2S/c1-11(13-16-6-8-21-13)9-17-12-5-7-18(10-12)14(19)20-15(2,3)4/h6,8,11-12,17H,5,7,9-10H2,1-4H3. The van der Waals surface area contributed by atoms with Gasteiger partial charge in [0.15, 0.2) is 0 Å². The van der Waals surface area contributed by atoms with Crippen LogP contribution in [0.2, 0.25) is 0 Å². The molecular weight excluding hydrogens is 286 g/mol. The first-order valence-electron chi connectivity index (χ1n) is 7.46. The fourth-order valence-electron chi connectivity index (χ4n) is 2.33. The van der Waals surface area contributed by atoms with E-state index in [1.807, 2.05) is 32.3 Å². The lowest BCUT2D eigenvalue weighted by Gasteiger charge is -2.24. The van der Waals surface area contributed by atoms with Gasteiger partial charge in [-0.15, -0.1) is 11.3 Å². The minimum absolute atomic E-state index is 0.209. The van der Waals surface area contributed by atoms with Gasteiger partial charge in [-0.25, -0.2) is 9.78 Å². The van der Waals surface area contributed by atoms with Crippen molar-refractivity contribution in [3.8, 4) is 0 Å². The smallest absolute Gasteiger partial charge is 0.410 e. The summed E-state index contributed by atoms with van der Waals surface area (Å²) in [7, 11) is 0. The van der Waals surface area contributed by atoms with Crippen LogP contribution in [0.3, 0.4) is 0 Å². The topological polar surface area (TPSA) is 54.5 Å². The van der Waals surface area contributed by atoms with Crippen molar-refractivity contribution in [2.45, 2.75) is 51.7 Å². The molecule has 1 aromatic heterocycles. The van der Waals surface area contributed by atoms with E-state index in [4.69, 9.17) is 4.74 Å². The number of ether oxygens (including phenoxy) is 1. The van der Waals surface area contributed by atoms with E-state index in [-0.39, 0.29) is 6.09 Å². The van der Waals surface area contributed by atoms with E-state index in [1.165, 1.54) is 0 Å². The summed E-state index contributed by atoms with van der Waals surface area (Å²) in [5.74, 6) is 0.403. The Balaban J connectivity index is 1.74. The van der Waals surface area contributed by atoms with Gasteiger partial charge in [0.05, 0.1) is 5.01 Å².